The third-order valence-corrected chi connectivity index (χ3v) is 12.1. The zero-order chi connectivity index (χ0) is 35.4. The molecule has 0 unspecified atom stereocenters. The van der Waals surface area contributed by atoms with Crippen LogP contribution in [0.3, 0.4) is 0 Å². The summed E-state index contributed by atoms with van der Waals surface area (Å²) in [5, 5.41) is 4.89. The molecule has 10 rings (SSSR count). The van der Waals surface area contributed by atoms with Gasteiger partial charge in [-0.2, -0.15) is 0 Å². The van der Waals surface area contributed by atoms with Crippen molar-refractivity contribution >= 4 is 21.5 Å². The number of fused-ring (bicyclic) bond motifs is 8. The average molecular weight is 669 g/mol. The molecule has 0 radical (unpaired) electrons. The lowest BCUT2D eigenvalue weighted by molar-refractivity contribution is 0.415. The molecule has 8 aromatic rings. The van der Waals surface area contributed by atoms with Gasteiger partial charge in [0.05, 0.1) is 7.11 Å². The van der Waals surface area contributed by atoms with Gasteiger partial charge in [-0.1, -0.05) is 131 Å². The van der Waals surface area contributed by atoms with Crippen LogP contribution in [0.2, 0.25) is 0 Å². The van der Waals surface area contributed by atoms with Crippen LogP contribution in [0, 0.1) is 0 Å². The highest BCUT2D eigenvalue weighted by molar-refractivity contribution is 5.94. The number of rotatable bonds is 4. The molecule has 0 N–H and O–H groups in total. The van der Waals surface area contributed by atoms with E-state index in [1.54, 1.807) is 7.11 Å². The van der Waals surface area contributed by atoms with Gasteiger partial charge in [0.25, 0.3) is 0 Å². The van der Waals surface area contributed by atoms with Crippen LogP contribution in [-0.4, -0.2) is 7.11 Å². The fourth-order valence-electron chi connectivity index (χ4n) is 9.12. The zero-order valence-electron chi connectivity index (χ0n) is 30.3. The Bertz CT molecular complexity index is 2780. The molecule has 52 heavy (non-hydrogen) atoms. The molecular weight excluding hydrogens is 629 g/mol. The van der Waals surface area contributed by atoms with Gasteiger partial charge < -0.3 is 4.74 Å². The molecular formula is C51H40O. The van der Waals surface area contributed by atoms with Crippen LogP contribution >= 0.6 is 0 Å². The lowest BCUT2D eigenvalue weighted by atomic mass is 9.80. The van der Waals surface area contributed by atoms with Crippen molar-refractivity contribution in [1.82, 2.24) is 0 Å². The van der Waals surface area contributed by atoms with Crippen molar-refractivity contribution in [1.29, 1.82) is 0 Å². The molecule has 250 valence electrons. The van der Waals surface area contributed by atoms with Gasteiger partial charge in [0.2, 0.25) is 0 Å². The molecule has 0 saturated heterocycles. The minimum Gasteiger partial charge on any atom is -0.497 e. The third-order valence-electron chi connectivity index (χ3n) is 12.1. The lowest BCUT2D eigenvalue weighted by Crippen LogP contribution is -2.15. The first-order valence-electron chi connectivity index (χ1n) is 18.4. The van der Waals surface area contributed by atoms with Crippen LogP contribution in [0.5, 0.6) is 5.75 Å². The summed E-state index contributed by atoms with van der Waals surface area (Å²) in [6.45, 7) is 9.50. The Morgan fingerprint density at radius 2 is 0.673 bits per heavy atom. The van der Waals surface area contributed by atoms with E-state index in [-0.39, 0.29) is 10.8 Å². The summed E-state index contributed by atoms with van der Waals surface area (Å²) in [4.78, 5) is 0. The van der Waals surface area contributed by atoms with Crippen molar-refractivity contribution in [3.8, 4) is 61.4 Å². The number of ether oxygens (including phenoxy) is 1. The summed E-state index contributed by atoms with van der Waals surface area (Å²) in [6, 6.07) is 56.8. The smallest absolute Gasteiger partial charge is 0.119 e. The first-order chi connectivity index (χ1) is 25.2. The molecule has 0 saturated carbocycles. The molecule has 1 nitrogen and oxygen atoms in total. The Morgan fingerprint density at radius 1 is 0.327 bits per heavy atom. The van der Waals surface area contributed by atoms with E-state index in [1.165, 1.54) is 99.4 Å². The van der Waals surface area contributed by atoms with Gasteiger partial charge in [0, 0.05) is 10.8 Å². The van der Waals surface area contributed by atoms with Crippen molar-refractivity contribution in [2.75, 3.05) is 7.11 Å². The van der Waals surface area contributed by atoms with Gasteiger partial charge in [-0.15, -0.1) is 0 Å². The number of hydrogen-bond acceptors (Lipinski definition) is 1. The minimum absolute atomic E-state index is 0.0116. The molecule has 0 aliphatic heterocycles. The molecule has 0 atom stereocenters. The van der Waals surface area contributed by atoms with Crippen LogP contribution in [0.25, 0.3) is 77.2 Å². The van der Waals surface area contributed by atoms with Crippen molar-refractivity contribution in [3.05, 3.63) is 174 Å². The second-order valence-corrected chi connectivity index (χ2v) is 15.8. The summed E-state index contributed by atoms with van der Waals surface area (Å²) >= 11 is 0. The van der Waals surface area contributed by atoms with Gasteiger partial charge >= 0.3 is 0 Å². The largest absolute Gasteiger partial charge is 0.497 e. The molecule has 1 heteroatoms. The summed E-state index contributed by atoms with van der Waals surface area (Å²) in [5.41, 5.74) is 18.5. The SMILES string of the molecule is COc1ccc2cc(-c3ccc4cc(-c5ccc6c(c5)C(C)(C)c5cc(-c7ccc8c(c7)C(C)(C)c7ccccc7-8)ccc5-6)ccc4c3)ccc2c1. The van der Waals surface area contributed by atoms with Crippen LogP contribution < -0.4 is 4.74 Å². The van der Waals surface area contributed by atoms with E-state index in [0.717, 1.165) is 5.75 Å². The molecule has 2 aliphatic rings. The van der Waals surface area contributed by atoms with Crippen LogP contribution in [0.1, 0.15) is 49.9 Å². The molecule has 0 fully saturated rings. The van der Waals surface area contributed by atoms with Crippen LogP contribution in [0.15, 0.2) is 152 Å². The topological polar surface area (TPSA) is 9.23 Å². The highest BCUT2D eigenvalue weighted by Gasteiger charge is 2.37. The van der Waals surface area contributed by atoms with Gasteiger partial charge in [-0.3, -0.25) is 0 Å². The summed E-state index contributed by atoms with van der Waals surface area (Å²) in [6.07, 6.45) is 0. The number of hydrogen-bond donors (Lipinski definition) is 0. The standard InChI is InChI=1S/C51H40O/c1-50(2)46-9-7-6-8-42(46)43-21-18-39(29-47(43)50)40-19-23-45-44-22-17-38(28-48(44)51(3,4)49(45)30-40)35-13-12-32-24-31(10-11-33(32)25-35)34-14-15-37-27-41(52-5)20-16-36(37)26-34/h6-30H,1-5H3. The summed E-state index contributed by atoms with van der Waals surface area (Å²) in [5.74, 6) is 0.884. The molecule has 0 spiro atoms. The van der Waals surface area contributed by atoms with Crippen molar-refractivity contribution in [2.45, 2.75) is 38.5 Å². The molecule has 0 aromatic heterocycles. The predicted molar refractivity (Wildman–Crippen MR) is 219 cm³/mol. The van der Waals surface area contributed by atoms with E-state index in [2.05, 4.69) is 173 Å². The first kappa shape index (κ1) is 30.9. The Hall–Kier alpha value is -5.92. The van der Waals surface area contributed by atoms with Crippen molar-refractivity contribution in [3.63, 3.8) is 0 Å². The quantitative estimate of drug-likeness (QED) is 0.181. The Balaban J connectivity index is 0.962. The van der Waals surface area contributed by atoms with Crippen molar-refractivity contribution in [2.24, 2.45) is 0 Å². The Morgan fingerprint density at radius 3 is 1.13 bits per heavy atom. The van der Waals surface area contributed by atoms with Crippen LogP contribution in [-0.2, 0) is 10.8 Å². The van der Waals surface area contributed by atoms with E-state index in [9.17, 15) is 0 Å². The normalized spacial score (nSPS) is 14.6. The van der Waals surface area contributed by atoms with Crippen LogP contribution in [0.4, 0.5) is 0 Å². The molecule has 2 aliphatic carbocycles. The average Bonchev–Trinajstić information content (AvgIpc) is 3.55. The maximum absolute atomic E-state index is 5.42. The maximum Gasteiger partial charge on any atom is 0.119 e. The van der Waals surface area contributed by atoms with E-state index < -0.39 is 0 Å². The summed E-state index contributed by atoms with van der Waals surface area (Å²) in [7, 11) is 1.71. The minimum atomic E-state index is -0.111. The van der Waals surface area contributed by atoms with E-state index >= 15 is 0 Å². The maximum atomic E-state index is 5.42. The fraction of sp³-hybridized carbons (Fsp3) is 0.137. The van der Waals surface area contributed by atoms with Gasteiger partial charge in [0.1, 0.15) is 5.75 Å². The second-order valence-electron chi connectivity index (χ2n) is 15.8. The highest BCUT2D eigenvalue weighted by atomic mass is 16.5. The van der Waals surface area contributed by atoms with E-state index in [0.29, 0.717) is 0 Å². The molecule has 0 amide bonds. The number of methoxy groups -OCH3 is 1. The van der Waals surface area contributed by atoms with Gasteiger partial charge in [0.15, 0.2) is 0 Å². The molecule has 0 bridgehead atoms. The fourth-order valence-corrected chi connectivity index (χ4v) is 9.12. The van der Waals surface area contributed by atoms with Gasteiger partial charge in [-0.25, -0.2) is 0 Å². The van der Waals surface area contributed by atoms with Gasteiger partial charge in [-0.05, 0) is 148 Å². The monoisotopic (exact) mass is 668 g/mol. The van der Waals surface area contributed by atoms with E-state index in [1.807, 2.05) is 6.07 Å². The lowest BCUT2D eigenvalue weighted by Gasteiger charge is -2.23. The Labute approximate surface area is 306 Å². The number of benzene rings is 8. The zero-order valence-corrected chi connectivity index (χ0v) is 30.3. The third kappa shape index (κ3) is 4.55. The van der Waals surface area contributed by atoms with Crippen molar-refractivity contribution < 1.29 is 4.74 Å². The predicted octanol–water partition coefficient (Wildman–Crippen LogP) is 13.6. The molecule has 0 heterocycles. The Kier molecular flexibility index (Phi) is 6.55. The second kappa shape index (κ2) is 11.0. The molecule has 8 aromatic carbocycles. The van der Waals surface area contributed by atoms with E-state index in [4.69, 9.17) is 4.74 Å². The highest BCUT2D eigenvalue weighted by Crippen LogP contribution is 2.52. The first-order valence-corrected chi connectivity index (χ1v) is 18.4. The summed E-state index contributed by atoms with van der Waals surface area (Å²) < 4.78 is 5.42.